The molecule has 19 heavy (non-hydrogen) atoms. The molecule has 0 bridgehead atoms. The van der Waals surface area contributed by atoms with Gasteiger partial charge in [0.2, 0.25) is 0 Å². The van der Waals surface area contributed by atoms with Crippen LogP contribution in [-0.4, -0.2) is 59.3 Å². The van der Waals surface area contributed by atoms with E-state index in [0.717, 1.165) is 13.0 Å². The van der Waals surface area contributed by atoms with Crippen LogP contribution in [-0.2, 0) is 4.79 Å². The van der Waals surface area contributed by atoms with Crippen molar-refractivity contribution in [3.8, 4) is 0 Å². The Morgan fingerprint density at radius 2 is 1.95 bits per heavy atom. The third kappa shape index (κ3) is 5.10. The van der Waals surface area contributed by atoms with Crippen molar-refractivity contribution in [3.05, 3.63) is 0 Å². The third-order valence-corrected chi connectivity index (χ3v) is 3.85. The molecule has 1 saturated carbocycles. The summed E-state index contributed by atoms with van der Waals surface area (Å²) in [6.07, 6.45) is 2.68. The highest BCUT2D eigenvalue weighted by Gasteiger charge is 2.43. The second kappa shape index (κ2) is 6.70. The summed E-state index contributed by atoms with van der Waals surface area (Å²) in [7, 11) is 2.59. The quantitative estimate of drug-likeness (QED) is 0.490. The van der Waals surface area contributed by atoms with Gasteiger partial charge in [0.25, 0.3) is 0 Å². The molecule has 110 valence electrons. The lowest BCUT2D eigenvalue weighted by molar-refractivity contribution is -0.146. The minimum absolute atomic E-state index is 0.140. The average molecular weight is 272 g/mol. The zero-order chi connectivity index (χ0) is 14.6. The van der Waals surface area contributed by atoms with Crippen molar-refractivity contribution < 1.29 is 19.9 Å². The van der Waals surface area contributed by atoms with E-state index in [2.05, 4.69) is 0 Å². The molecule has 0 aliphatic heterocycles. The highest BCUT2D eigenvalue weighted by atomic mass is 16.4. The van der Waals surface area contributed by atoms with Gasteiger partial charge in [-0.15, -0.1) is 0 Å². The van der Waals surface area contributed by atoms with Crippen LogP contribution < -0.4 is 5.73 Å². The summed E-state index contributed by atoms with van der Waals surface area (Å²) in [5, 5.41) is 27.2. The van der Waals surface area contributed by atoms with Gasteiger partial charge in [0.1, 0.15) is 5.54 Å². The molecule has 0 spiro atoms. The van der Waals surface area contributed by atoms with Gasteiger partial charge >= 0.3 is 13.1 Å². The fraction of sp³-hybridized carbons (Fsp3) is 0.917. The van der Waals surface area contributed by atoms with Crippen molar-refractivity contribution in [1.29, 1.82) is 0 Å². The lowest BCUT2D eigenvalue weighted by Gasteiger charge is -2.40. The summed E-state index contributed by atoms with van der Waals surface area (Å²) in [5.74, 6) is -0.571. The summed E-state index contributed by atoms with van der Waals surface area (Å²) in [6, 6.07) is 0. The van der Waals surface area contributed by atoms with E-state index in [9.17, 15) is 9.90 Å². The Balaban J connectivity index is 2.69. The molecule has 1 aliphatic rings. The second-order valence-corrected chi connectivity index (χ2v) is 6.16. The van der Waals surface area contributed by atoms with E-state index < -0.39 is 18.6 Å². The van der Waals surface area contributed by atoms with E-state index >= 15 is 0 Å². The Bertz CT molecular complexity index is 314. The van der Waals surface area contributed by atoms with Crippen LogP contribution in [0.1, 0.15) is 25.7 Å². The second-order valence-electron chi connectivity index (χ2n) is 6.16. The smallest absolute Gasteiger partial charge is 0.451 e. The molecular formula is C12H25BN2O4. The Kier molecular flexibility index (Phi) is 5.79. The summed E-state index contributed by atoms with van der Waals surface area (Å²) in [4.78, 5) is 13.4. The maximum atomic E-state index is 11.4. The lowest BCUT2D eigenvalue weighted by atomic mass is 9.67. The predicted molar refractivity (Wildman–Crippen MR) is 73.6 cm³/mol. The number of carboxylic acids is 1. The molecule has 7 heteroatoms. The molecule has 0 aromatic rings. The fourth-order valence-corrected chi connectivity index (χ4v) is 3.19. The monoisotopic (exact) mass is 272 g/mol. The Hall–Kier alpha value is -0.625. The van der Waals surface area contributed by atoms with Crippen LogP contribution in [0, 0.1) is 11.8 Å². The number of aliphatic carboxylic acids is 1. The van der Waals surface area contributed by atoms with Gasteiger partial charge in [-0.3, -0.25) is 4.79 Å². The van der Waals surface area contributed by atoms with E-state index in [4.69, 9.17) is 15.8 Å². The van der Waals surface area contributed by atoms with Gasteiger partial charge in [-0.25, -0.2) is 0 Å². The number of nitrogens with two attached hydrogens (primary N) is 1. The van der Waals surface area contributed by atoms with E-state index in [0.29, 0.717) is 19.3 Å². The van der Waals surface area contributed by atoms with Gasteiger partial charge in [0.15, 0.2) is 0 Å². The molecule has 6 nitrogen and oxygen atoms in total. The Labute approximate surface area is 114 Å². The van der Waals surface area contributed by atoms with E-state index in [1.54, 1.807) is 0 Å². The van der Waals surface area contributed by atoms with Crippen molar-refractivity contribution in [2.24, 2.45) is 17.6 Å². The van der Waals surface area contributed by atoms with Crippen molar-refractivity contribution in [1.82, 2.24) is 4.90 Å². The van der Waals surface area contributed by atoms with Crippen LogP contribution in [0.3, 0.4) is 0 Å². The molecule has 0 saturated heterocycles. The van der Waals surface area contributed by atoms with E-state index in [1.807, 2.05) is 19.0 Å². The summed E-state index contributed by atoms with van der Waals surface area (Å²) < 4.78 is 0. The van der Waals surface area contributed by atoms with E-state index in [1.165, 1.54) is 0 Å². The number of rotatable bonds is 6. The van der Waals surface area contributed by atoms with Crippen LogP contribution in [0.4, 0.5) is 0 Å². The maximum Gasteiger partial charge on any atom is 0.451 e. The molecule has 3 atom stereocenters. The van der Waals surface area contributed by atoms with Gasteiger partial charge in [-0.1, -0.05) is 6.42 Å². The summed E-state index contributed by atoms with van der Waals surface area (Å²) >= 11 is 0. The number of hydrogen-bond donors (Lipinski definition) is 4. The molecule has 1 unspecified atom stereocenters. The first kappa shape index (κ1) is 16.4. The zero-order valence-corrected chi connectivity index (χ0v) is 11.7. The predicted octanol–water partition coefficient (Wildman–Crippen LogP) is -0.391. The average Bonchev–Trinajstić information content (AvgIpc) is 2.24. The molecule has 0 aromatic carbocycles. The molecule has 5 N–H and O–H groups in total. The highest BCUT2D eigenvalue weighted by molar-refractivity contribution is 6.40. The van der Waals surface area contributed by atoms with Crippen molar-refractivity contribution >= 4 is 13.1 Å². The molecule has 1 rings (SSSR count). The largest absolute Gasteiger partial charge is 0.480 e. The molecule has 0 radical (unpaired) electrons. The highest BCUT2D eigenvalue weighted by Crippen LogP contribution is 2.37. The third-order valence-electron chi connectivity index (χ3n) is 3.85. The van der Waals surface area contributed by atoms with Crippen LogP contribution in [0.5, 0.6) is 0 Å². The normalized spacial score (nSPS) is 31.5. The first-order valence-electron chi connectivity index (χ1n) is 6.76. The van der Waals surface area contributed by atoms with Crippen LogP contribution >= 0.6 is 0 Å². The number of carbonyl (C=O) groups is 1. The SMILES string of the molecule is CN(C)C[C@H]1C[C@H](CCB(O)O)CC(N)(C(=O)O)C1. The van der Waals surface area contributed by atoms with Gasteiger partial charge in [-0.05, 0) is 51.5 Å². The molecule has 0 heterocycles. The van der Waals surface area contributed by atoms with Crippen LogP contribution in [0.25, 0.3) is 0 Å². The summed E-state index contributed by atoms with van der Waals surface area (Å²) in [6.45, 7) is 0.810. The first-order chi connectivity index (χ1) is 8.73. The lowest BCUT2D eigenvalue weighted by Crippen LogP contribution is -2.54. The number of hydrogen-bond acceptors (Lipinski definition) is 5. The van der Waals surface area contributed by atoms with Crippen LogP contribution in [0.2, 0.25) is 6.32 Å². The van der Waals surface area contributed by atoms with Crippen molar-refractivity contribution in [3.63, 3.8) is 0 Å². The van der Waals surface area contributed by atoms with Gasteiger partial charge in [-0.2, -0.15) is 0 Å². The molecular weight excluding hydrogens is 247 g/mol. The number of carboxylic acid groups (broad SMARTS) is 1. The van der Waals surface area contributed by atoms with Gasteiger partial charge < -0.3 is 25.8 Å². The molecule has 0 amide bonds. The van der Waals surface area contributed by atoms with Gasteiger partial charge in [0.05, 0.1) is 0 Å². The molecule has 1 fully saturated rings. The van der Waals surface area contributed by atoms with Crippen molar-refractivity contribution in [2.75, 3.05) is 20.6 Å². The van der Waals surface area contributed by atoms with Crippen molar-refractivity contribution in [2.45, 2.75) is 37.5 Å². The fourth-order valence-electron chi connectivity index (χ4n) is 3.19. The maximum absolute atomic E-state index is 11.4. The minimum atomic E-state index is -1.33. The summed E-state index contributed by atoms with van der Waals surface area (Å²) in [5.41, 5.74) is 4.85. The standard InChI is InChI=1S/C12H25BN2O4/c1-15(2)8-10-5-9(3-4-13(18)19)6-12(14,7-10)11(16)17/h9-10,18-19H,3-8,14H2,1-2H3,(H,16,17)/t9-,10-,12?/m0/s1. The topological polar surface area (TPSA) is 107 Å². The molecule has 0 aromatic heterocycles. The Morgan fingerprint density at radius 3 is 2.42 bits per heavy atom. The zero-order valence-electron chi connectivity index (χ0n) is 11.7. The van der Waals surface area contributed by atoms with E-state index in [-0.39, 0.29) is 18.2 Å². The van der Waals surface area contributed by atoms with Crippen LogP contribution in [0.15, 0.2) is 0 Å². The number of nitrogens with zero attached hydrogens (tertiary/aromatic N) is 1. The minimum Gasteiger partial charge on any atom is -0.480 e. The Morgan fingerprint density at radius 1 is 1.37 bits per heavy atom. The molecule has 1 aliphatic carbocycles. The first-order valence-corrected chi connectivity index (χ1v) is 6.76. The van der Waals surface area contributed by atoms with Gasteiger partial charge in [0, 0.05) is 6.54 Å².